The molecule has 1 aromatic heterocycles. The molecule has 0 aliphatic carbocycles. The molecule has 1 aliphatic heterocycles. The first-order valence-corrected chi connectivity index (χ1v) is 7.54. The molecule has 1 aromatic rings. The molecule has 2 heterocycles. The third kappa shape index (κ3) is 2.99. The van der Waals surface area contributed by atoms with Crippen molar-refractivity contribution in [3.05, 3.63) is 20.8 Å². The molecule has 78 valence electrons. The first-order chi connectivity index (χ1) is 6.74. The topological polar surface area (TPSA) is 12.0 Å². The van der Waals surface area contributed by atoms with E-state index >= 15 is 0 Å². The van der Waals surface area contributed by atoms with Crippen molar-refractivity contribution in [1.29, 1.82) is 0 Å². The molecule has 1 N–H and O–H groups in total. The number of rotatable bonds is 3. The molecular formula is C10H14BrNS2. The van der Waals surface area contributed by atoms with Crippen molar-refractivity contribution in [2.24, 2.45) is 0 Å². The van der Waals surface area contributed by atoms with Crippen molar-refractivity contribution in [3.8, 4) is 0 Å². The Balaban J connectivity index is 1.77. The smallest absolute Gasteiger partial charge is 0.0303 e. The largest absolute Gasteiger partial charge is 0.308 e. The van der Waals surface area contributed by atoms with Crippen LogP contribution in [-0.4, -0.2) is 17.0 Å². The van der Waals surface area contributed by atoms with Gasteiger partial charge in [0.25, 0.3) is 0 Å². The third-order valence-electron chi connectivity index (χ3n) is 2.39. The highest BCUT2D eigenvalue weighted by atomic mass is 79.9. The van der Waals surface area contributed by atoms with Crippen LogP contribution in [-0.2, 0) is 6.54 Å². The summed E-state index contributed by atoms with van der Waals surface area (Å²) in [4.78, 5) is 1.42. The van der Waals surface area contributed by atoms with Gasteiger partial charge in [-0.1, -0.05) is 6.92 Å². The minimum atomic E-state index is 0.718. The minimum absolute atomic E-state index is 0.718. The summed E-state index contributed by atoms with van der Waals surface area (Å²) in [6.07, 6.45) is 1.32. The van der Waals surface area contributed by atoms with Gasteiger partial charge in [0.2, 0.25) is 0 Å². The van der Waals surface area contributed by atoms with Gasteiger partial charge in [0, 0.05) is 38.3 Å². The second-order valence-electron chi connectivity index (χ2n) is 3.69. The Morgan fingerprint density at radius 3 is 3.07 bits per heavy atom. The van der Waals surface area contributed by atoms with E-state index in [1.54, 1.807) is 0 Å². The van der Waals surface area contributed by atoms with Crippen molar-refractivity contribution in [2.45, 2.75) is 31.2 Å². The van der Waals surface area contributed by atoms with Crippen LogP contribution in [0.15, 0.2) is 15.9 Å². The van der Waals surface area contributed by atoms with E-state index in [2.05, 4.69) is 51.4 Å². The van der Waals surface area contributed by atoms with Gasteiger partial charge in [0.1, 0.15) is 0 Å². The Kier molecular flexibility index (Phi) is 3.93. The lowest BCUT2D eigenvalue weighted by atomic mass is 10.2. The molecule has 2 atom stereocenters. The standard InChI is InChI=1S/C10H14BrNS2/c1-7-2-9(6-13-7)12-4-10-3-8(11)5-14-10/h3,5,7,9,12H,2,4,6H2,1H3. The van der Waals surface area contributed by atoms with Gasteiger partial charge in [-0.25, -0.2) is 0 Å². The van der Waals surface area contributed by atoms with E-state index < -0.39 is 0 Å². The van der Waals surface area contributed by atoms with Gasteiger partial charge in [-0.2, -0.15) is 11.8 Å². The lowest BCUT2D eigenvalue weighted by molar-refractivity contribution is 0.541. The van der Waals surface area contributed by atoms with Crippen molar-refractivity contribution in [2.75, 3.05) is 5.75 Å². The maximum absolute atomic E-state index is 3.61. The second kappa shape index (κ2) is 5.01. The van der Waals surface area contributed by atoms with Crippen LogP contribution in [0.2, 0.25) is 0 Å². The fourth-order valence-corrected chi connectivity index (χ4v) is 4.24. The van der Waals surface area contributed by atoms with Crippen LogP contribution >= 0.6 is 39.0 Å². The molecule has 0 spiro atoms. The molecule has 14 heavy (non-hydrogen) atoms. The number of hydrogen-bond acceptors (Lipinski definition) is 3. The molecule has 1 aliphatic rings. The molecule has 0 aromatic carbocycles. The number of thiophene rings is 1. The zero-order valence-corrected chi connectivity index (χ0v) is 11.3. The van der Waals surface area contributed by atoms with Gasteiger partial charge in [0.15, 0.2) is 0 Å². The molecule has 1 nitrogen and oxygen atoms in total. The fourth-order valence-electron chi connectivity index (χ4n) is 1.65. The van der Waals surface area contributed by atoms with E-state index in [4.69, 9.17) is 0 Å². The summed E-state index contributed by atoms with van der Waals surface area (Å²) >= 11 is 7.37. The van der Waals surface area contributed by atoms with Crippen LogP contribution in [0.4, 0.5) is 0 Å². The van der Waals surface area contributed by atoms with Crippen molar-refractivity contribution >= 4 is 39.0 Å². The number of halogens is 1. The van der Waals surface area contributed by atoms with Crippen LogP contribution in [0, 0.1) is 0 Å². The monoisotopic (exact) mass is 291 g/mol. The predicted octanol–water partition coefficient (Wildman–Crippen LogP) is 3.49. The molecule has 1 fully saturated rings. The van der Waals surface area contributed by atoms with E-state index in [0.717, 1.165) is 17.8 Å². The SMILES string of the molecule is CC1CC(NCc2cc(Br)cs2)CS1. The Hall–Kier alpha value is 0.490. The Bertz CT molecular complexity index is 300. The molecule has 0 radical (unpaired) electrons. The lowest BCUT2D eigenvalue weighted by Crippen LogP contribution is -2.28. The Morgan fingerprint density at radius 1 is 1.64 bits per heavy atom. The first-order valence-electron chi connectivity index (χ1n) is 4.82. The van der Waals surface area contributed by atoms with E-state index in [1.165, 1.54) is 21.5 Å². The van der Waals surface area contributed by atoms with Gasteiger partial charge < -0.3 is 5.32 Å². The normalized spacial score (nSPS) is 27.0. The predicted molar refractivity (Wildman–Crippen MR) is 69.2 cm³/mol. The molecule has 1 saturated heterocycles. The summed E-state index contributed by atoms with van der Waals surface area (Å²) in [5.74, 6) is 1.27. The maximum Gasteiger partial charge on any atom is 0.0303 e. The summed E-state index contributed by atoms with van der Waals surface area (Å²) < 4.78 is 1.20. The molecule has 2 rings (SSSR count). The van der Waals surface area contributed by atoms with Crippen LogP contribution in [0.3, 0.4) is 0 Å². The highest BCUT2D eigenvalue weighted by Crippen LogP contribution is 2.26. The lowest BCUT2D eigenvalue weighted by Gasteiger charge is -2.09. The van der Waals surface area contributed by atoms with Crippen LogP contribution in [0.25, 0.3) is 0 Å². The van der Waals surface area contributed by atoms with Crippen molar-refractivity contribution < 1.29 is 0 Å². The highest BCUT2D eigenvalue weighted by Gasteiger charge is 2.20. The van der Waals surface area contributed by atoms with E-state index in [0.29, 0.717) is 0 Å². The molecule has 0 bridgehead atoms. The summed E-state index contributed by atoms with van der Waals surface area (Å²) in [6, 6.07) is 2.92. The number of hydrogen-bond donors (Lipinski definition) is 1. The van der Waals surface area contributed by atoms with E-state index in [9.17, 15) is 0 Å². The Labute approximate surface area is 102 Å². The van der Waals surface area contributed by atoms with Crippen LogP contribution in [0.5, 0.6) is 0 Å². The highest BCUT2D eigenvalue weighted by molar-refractivity contribution is 9.10. The molecule has 0 amide bonds. The average Bonchev–Trinajstić information content (AvgIpc) is 2.72. The molecular weight excluding hydrogens is 278 g/mol. The van der Waals surface area contributed by atoms with Gasteiger partial charge in [-0.3, -0.25) is 0 Å². The quantitative estimate of drug-likeness (QED) is 0.915. The van der Waals surface area contributed by atoms with Crippen molar-refractivity contribution in [1.82, 2.24) is 5.32 Å². The molecule has 2 unspecified atom stereocenters. The maximum atomic E-state index is 3.61. The summed E-state index contributed by atoms with van der Waals surface area (Å²) in [5, 5.41) is 6.59. The van der Waals surface area contributed by atoms with Gasteiger partial charge in [-0.15, -0.1) is 11.3 Å². The van der Waals surface area contributed by atoms with Crippen LogP contribution < -0.4 is 5.32 Å². The number of nitrogens with one attached hydrogen (secondary N) is 1. The van der Waals surface area contributed by atoms with Gasteiger partial charge in [0.05, 0.1) is 0 Å². The van der Waals surface area contributed by atoms with Crippen molar-refractivity contribution in [3.63, 3.8) is 0 Å². The summed E-state index contributed by atoms with van der Waals surface area (Å²) in [7, 11) is 0. The zero-order chi connectivity index (χ0) is 9.97. The van der Waals surface area contributed by atoms with Gasteiger partial charge >= 0.3 is 0 Å². The average molecular weight is 292 g/mol. The molecule has 4 heteroatoms. The van der Waals surface area contributed by atoms with Gasteiger partial charge in [-0.05, 0) is 28.4 Å². The zero-order valence-electron chi connectivity index (χ0n) is 8.13. The first kappa shape index (κ1) is 11.0. The second-order valence-corrected chi connectivity index (χ2v) is 7.07. The summed E-state index contributed by atoms with van der Waals surface area (Å²) in [5.41, 5.74) is 0. The Morgan fingerprint density at radius 2 is 2.50 bits per heavy atom. The molecule has 0 saturated carbocycles. The summed E-state index contributed by atoms with van der Waals surface area (Å²) in [6.45, 7) is 3.34. The fraction of sp³-hybridized carbons (Fsp3) is 0.600. The minimum Gasteiger partial charge on any atom is -0.308 e. The van der Waals surface area contributed by atoms with E-state index in [-0.39, 0.29) is 0 Å². The van der Waals surface area contributed by atoms with Crippen LogP contribution in [0.1, 0.15) is 18.2 Å². The third-order valence-corrected chi connectivity index (χ3v) is 5.44. The van der Waals surface area contributed by atoms with E-state index in [1.807, 2.05) is 11.3 Å². The number of thioether (sulfide) groups is 1.